The van der Waals surface area contributed by atoms with E-state index in [1.807, 2.05) is 31.2 Å². The van der Waals surface area contributed by atoms with Crippen molar-refractivity contribution in [1.29, 1.82) is 0 Å². The van der Waals surface area contributed by atoms with Crippen molar-refractivity contribution in [3.8, 4) is 11.5 Å². The van der Waals surface area contributed by atoms with Crippen LogP contribution in [0, 0.1) is 6.92 Å². The fourth-order valence-corrected chi connectivity index (χ4v) is 3.02. The third-order valence-corrected chi connectivity index (χ3v) is 4.56. The Morgan fingerprint density at radius 1 is 1.14 bits per heavy atom. The number of thioether (sulfide) groups is 1. The number of esters is 1. The normalized spacial score (nSPS) is 10.8. The molecule has 0 aliphatic heterocycles. The SMILES string of the molecule is Cc1cccc(-c2nnc(SCC(=O)Nc3ccc(C(=O)OC(C)C)cc3)o2)c1. The number of amides is 1. The number of rotatable bonds is 7. The number of hydrogen-bond donors (Lipinski definition) is 1. The molecular weight excluding hydrogens is 390 g/mol. The largest absolute Gasteiger partial charge is 0.459 e. The van der Waals surface area contributed by atoms with E-state index in [0.29, 0.717) is 22.4 Å². The minimum Gasteiger partial charge on any atom is -0.459 e. The first kappa shape index (κ1) is 20.6. The Hall–Kier alpha value is -3.13. The second kappa shape index (κ2) is 9.38. The van der Waals surface area contributed by atoms with Gasteiger partial charge in [0, 0.05) is 11.3 Å². The molecule has 0 spiro atoms. The molecule has 0 unspecified atom stereocenters. The molecule has 1 aromatic heterocycles. The van der Waals surface area contributed by atoms with Crippen LogP contribution in [0.25, 0.3) is 11.5 Å². The van der Waals surface area contributed by atoms with E-state index in [9.17, 15) is 9.59 Å². The quantitative estimate of drug-likeness (QED) is 0.456. The van der Waals surface area contributed by atoms with Crippen LogP contribution in [0.5, 0.6) is 0 Å². The first-order valence-electron chi connectivity index (χ1n) is 9.05. The molecule has 1 heterocycles. The van der Waals surface area contributed by atoms with Crippen LogP contribution in [0.15, 0.2) is 58.2 Å². The number of carbonyl (C=O) groups is 2. The second-order valence-electron chi connectivity index (χ2n) is 6.61. The average Bonchev–Trinajstić information content (AvgIpc) is 3.15. The molecule has 3 aromatic rings. The van der Waals surface area contributed by atoms with Gasteiger partial charge in [0.25, 0.3) is 5.22 Å². The van der Waals surface area contributed by atoms with E-state index in [1.165, 1.54) is 0 Å². The number of carbonyl (C=O) groups excluding carboxylic acids is 2. The fourth-order valence-electron chi connectivity index (χ4n) is 2.46. The molecule has 0 bridgehead atoms. The summed E-state index contributed by atoms with van der Waals surface area (Å²) in [4.78, 5) is 24.0. The third kappa shape index (κ3) is 5.92. The summed E-state index contributed by atoms with van der Waals surface area (Å²) < 4.78 is 10.7. The van der Waals surface area contributed by atoms with Crippen LogP contribution < -0.4 is 5.32 Å². The van der Waals surface area contributed by atoms with Crippen LogP contribution in [0.1, 0.15) is 29.8 Å². The number of aryl methyl sites for hydroxylation is 1. The van der Waals surface area contributed by atoms with Crippen LogP contribution in [-0.2, 0) is 9.53 Å². The van der Waals surface area contributed by atoms with E-state index in [0.717, 1.165) is 22.9 Å². The minimum absolute atomic E-state index is 0.118. The number of hydrogen-bond acceptors (Lipinski definition) is 7. The van der Waals surface area contributed by atoms with Gasteiger partial charge in [-0.3, -0.25) is 4.79 Å². The number of nitrogens with one attached hydrogen (secondary N) is 1. The van der Waals surface area contributed by atoms with E-state index < -0.39 is 5.97 Å². The molecule has 0 aliphatic carbocycles. The number of nitrogens with zero attached hydrogens (tertiary/aromatic N) is 2. The van der Waals surface area contributed by atoms with Crippen LogP contribution in [0.3, 0.4) is 0 Å². The number of benzene rings is 2. The Labute approximate surface area is 172 Å². The molecule has 29 heavy (non-hydrogen) atoms. The summed E-state index contributed by atoms with van der Waals surface area (Å²) in [6.07, 6.45) is -0.185. The van der Waals surface area contributed by atoms with Crippen molar-refractivity contribution < 1.29 is 18.7 Å². The number of anilines is 1. The molecule has 0 fully saturated rings. The second-order valence-corrected chi connectivity index (χ2v) is 7.54. The van der Waals surface area contributed by atoms with Crippen molar-refractivity contribution >= 4 is 29.3 Å². The van der Waals surface area contributed by atoms with Gasteiger partial charge >= 0.3 is 5.97 Å². The molecular formula is C21H21N3O4S. The van der Waals surface area contributed by atoms with Crippen LogP contribution >= 0.6 is 11.8 Å². The van der Waals surface area contributed by atoms with Gasteiger partial charge in [0.05, 0.1) is 17.4 Å². The minimum atomic E-state index is -0.394. The zero-order valence-electron chi connectivity index (χ0n) is 16.3. The van der Waals surface area contributed by atoms with Gasteiger partial charge in [-0.1, -0.05) is 29.5 Å². The van der Waals surface area contributed by atoms with Gasteiger partial charge in [-0.05, 0) is 57.2 Å². The third-order valence-electron chi connectivity index (χ3n) is 3.75. The number of ether oxygens (including phenoxy) is 1. The van der Waals surface area contributed by atoms with Gasteiger partial charge in [-0.25, -0.2) is 4.79 Å². The van der Waals surface area contributed by atoms with E-state index in [1.54, 1.807) is 38.1 Å². The topological polar surface area (TPSA) is 94.3 Å². The Bertz CT molecular complexity index is 999. The molecule has 8 heteroatoms. The first-order valence-corrected chi connectivity index (χ1v) is 10.0. The van der Waals surface area contributed by atoms with Gasteiger partial charge in [0.2, 0.25) is 11.8 Å². The van der Waals surface area contributed by atoms with Crippen molar-refractivity contribution in [2.24, 2.45) is 0 Å². The summed E-state index contributed by atoms with van der Waals surface area (Å²) in [5.74, 6) is -0.0791. The molecule has 0 saturated carbocycles. The highest BCUT2D eigenvalue weighted by atomic mass is 32.2. The zero-order valence-corrected chi connectivity index (χ0v) is 17.2. The Morgan fingerprint density at radius 2 is 1.90 bits per heavy atom. The van der Waals surface area contributed by atoms with Crippen LogP contribution in [0.4, 0.5) is 5.69 Å². The molecule has 1 amide bonds. The molecule has 0 saturated heterocycles. The van der Waals surface area contributed by atoms with Crippen molar-refractivity contribution in [2.45, 2.75) is 32.1 Å². The lowest BCUT2D eigenvalue weighted by molar-refractivity contribution is -0.113. The molecule has 0 atom stereocenters. The molecule has 7 nitrogen and oxygen atoms in total. The summed E-state index contributed by atoms with van der Waals surface area (Å²) in [5, 5.41) is 11.1. The van der Waals surface area contributed by atoms with Crippen molar-refractivity contribution in [1.82, 2.24) is 10.2 Å². The maximum absolute atomic E-state index is 12.2. The van der Waals surface area contributed by atoms with Crippen molar-refractivity contribution in [3.63, 3.8) is 0 Å². The average molecular weight is 411 g/mol. The summed E-state index contributed by atoms with van der Waals surface area (Å²) in [5.41, 5.74) is 2.95. The van der Waals surface area contributed by atoms with Crippen LogP contribution in [0.2, 0.25) is 0 Å². The molecule has 1 N–H and O–H groups in total. The summed E-state index contributed by atoms with van der Waals surface area (Å²) in [7, 11) is 0. The smallest absolute Gasteiger partial charge is 0.338 e. The van der Waals surface area contributed by atoms with Gasteiger partial charge in [-0.2, -0.15) is 0 Å². The van der Waals surface area contributed by atoms with E-state index in [-0.39, 0.29) is 17.8 Å². The fraction of sp³-hybridized carbons (Fsp3) is 0.238. The summed E-state index contributed by atoms with van der Waals surface area (Å²) in [6, 6.07) is 14.3. The Morgan fingerprint density at radius 3 is 2.59 bits per heavy atom. The van der Waals surface area contributed by atoms with Gasteiger partial charge in [-0.15, -0.1) is 10.2 Å². The Kier molecular flexibility index (Phi) is 6.66. The molecule has 0 aliphatic rings. The maximum Gasteiger partial charge on any atom is 0.338 e. The lowest BCUT2D eigenvalue weighted by atomic mass is 10.1. The first-order chi connectivity index (χ1) is 13.9. The highest BCUT2D eigenvalue weighted by Crippen LogP contribution is 2.24. The highest BCUT2D eigenvalue weighted by molar-refractivity contribution is 7.99. The van der Waals surface area contributed by atoms with Gasteiger partial charge in [0.15, 0.2) is 0 Å². The monoisotopic (exact) mass is 411 g/mol. The summed E-state index contributed by atoms with van der Waals surface area (Å²) in [6.45, 7) is 5.56. The van der Waals surface area contributed by atoms with Crippen molar-refractivity contribution in [2.75, 3.05) is 11.1 Å². The molecule has 150 valence electrons. The predicted octanol–water partition coefficient (Wildman–Crippen LogP) is 4.34. The van der Waals surface area contributed by atoms with E-state index in [4.69, 9.17) is 9.15 Å². The zero-order chi connectivity index (χ0) is 20.8. The summed E-state index contributed by atoms with van der Waals surface area (Å²) >= 11 is 1.16. The highest BCUT2D eigenvalue weighted by Gasteiger charge is 2.12. The lowest BCUT2D eigenvalue weighted by Crippen LogP contribution is -2.14. The molecule has 3 rings (SSSR count). The maximum atomic E-state index is 12.2. The Balaban J connectivity index is 1.52. The van der Waals surface area contributed by atoms with Gasteiger partial charge < -0.3 is 14.5 Å². The van der Waals surface area contributed by atoms with Gasteiger partial charge in [0.1, 0.15) is 0 Å². The van der Waals surface area contributed by atoms with E-state index >= 15 is 0 Å². The molecule has 2 aromatic carbocycles. The molecule has 0 radical (unpaired) electrons. The van der Waals surface area contributed by atoms with E-state index in [2.05, 4.69) is 15.5 Å². The number of aromatic nitrogens is 2. The standard InChI is InChI=1S/C21H21N3O4S/c1-13(2)27-20(26)15-7-9-17(10-8-15)22-18(25)12-29-21-24-23-19(28-21)16-6-4-5-14(3)11-16/h4-11,13H,12H2,1-3H3,(H,22,25). The van der Waals surface area contributed by atoms with Crippen LogP contribution in [-0.4, -0.2) is 33.9 Å². The lowest BCUT2D eigenvalue weighted by Gasteiger charge is -2.08. The predicted molar refractivity (Wildman–Crippen MR) is 111 cm³/mol. The van der Waals surface area contributed by atoms with Crippen molar-refractivity contribution in [3.05, 3.63) is 59.7 Å².